The number of aryl methyl sites for hydroxylation is 1. The molecule has 2 aromatic rings. The van der Waals surface area contributed by atoms with E-state index in [9.17, 15) is 4.79 Å². The quantitative estimate of drug-likeness (QED) is 0.916. The van der Waals surface area contributed by atoms with Gasteiger partial charge < -0.3 is 9.47 Å². The Bertz CT molecular complexity index is 573. The first kappa shape index (κ1) is 12.8. The van der Waals surface area contributed by atoms with Crippen LogP contribution in [0.15, 0.2) is 36.5 Å². The summed E-state index contributed by atoms with van der Waals surface area (Å²) in [4.78, 5) is 19.6. The van der Waals surface area contributed by atoms with Gasteiger partial charge in [-0.3, -0.25) is 5.32 Å². The number of aromatic nitrogens is 2. The van der Waals surface area contributed by atoms with Gasteiger partial charge in [0.2, 0.25) is 11.8 Å². The smallest absolute Gasteiger partial charge is 0.419 e. The lowest BCUT2D eigenvalue weighted by atomic mass is 10.3. The third-order valence-electron chi connectivity index (χ3n) is 2.29. The molecule has 1 amide bonds. The van der Waals surface area contributed by atoms with E-state index in [0.29, 0.717) is 11.6 Å². The highest BCUT2D eigenvalue weighted by molar-refractivity contribution is 5.84. The van der Waals surface area contributed by atoms with Gasteiger partial charge in [0.25, 0.3) is 0 Å². The summed E-state index contributed by atoms with van der Waals surface area (Å²) in [5.74, 6) is 0.979. The van der Waals surface area contributed by atoms with E-state index in [0.717, 1.165) is 5.56 Å². The highest BCUT2D eigenvalue weighted by Crippen LogP contribution is 2.15. The van der Waals surface area contributed by atoms with E-state index in [1.807, 2.05) is 13.0 Å². The monoisotopic (exact) mass is 259 g/mol. The molecule has 0 aliphatic heterocycles. The number of carbonyl (C=O) groups excluding carboxylic acids is 1. The van der Waals surface area contributed by atoms with E-state index in [2.05, 4.69) is 15.3 Å². The molecule has 0 bridgehead atoms. The lowest BCUT2D eigenvalue weighted by Crippen LogP contribution is -2.18. The van der Waals surface area contributed by atoms with Crippen LogP contribution >= 0.6 is 0 Å². The SMILES string of the molecule is COc1nc(NC(=O)Oc2ccccc2)ncc1C. The van der Waals surface area contributed by atoms with E-state index in [-0.39, 0.29) is 5.95 Å². The summed E-state index contributed by atoms with van der Waals surface area (Å²) in [6.07, 6.45) is 0.904. The molecule has 0 saturated carbocycles. The molecule has 0 aliphatic rings. The Morgan fingerprint density at radius 3 is 2.68 bits per heavy atom. The zero-order chi connectivity index (χ0) is 13.7. The fraction of sp³-hybridized carbons (Fsp3) is 0.154. The fourth-order valence-corrected chi connectivity index (χ4v) is 1.41. The van der Waals surface area contributed by atoms with Crippen molar-refractivity contribution in [2.75, 3.05) is 12.4 Å². The van der Waals surface area contributed by atoms with Gasteiger partial charge in [-0.1, -0.05) is 18.2 Å². The maximum absolute atomic E-state index is 11.6. The number of rotatable bonds is 3. The van der Waals surface area contributed by atoms with E-state index in [4.69, 9.17) is 9.47 Å². The van der Waals surface area contributed by atoms with Crippen molar-refractivity contribution in [1.29, 1.82) is 0 Å². The first-order valence-electron chi connectivity index (χ1n) is 5.60. The van der Waals surface area contributed by atoms with Crippen LogP contribution < -0.4 is 14.8 Å². The fourth-order valence-electron chi connectivity index (χ4n) is 1.41. The Balaban J connectivity index is 2.03. The summed E-state index contributed by atoms with van der Waals surface area (Å²) in [6.45, 7) is 1.81. The number of hydrogen-bond acceptors (Lipinski definition) is 5. The molecule has 0 aliphatic carbocycles. The molecule has 19 heavy (non-hydrogen) atoms. The van der Waals surface area contributed by atoms with Gasteiger partial charge in [0.15, 0.2) is 0 Å². The molecule has 1 N–H and O–H groups in total. The van der Waals surface area contributed by atoms with Crippen molar-refractivity contribution in [3.05, 3.63) is 42.1 Å². The molecule has 0 radical (unpaired) electrons. The molecular weight excluding hydrogens is 246 g/mol. The van der Waals surface area contributed by atoms with Crippen LogP contribution in [0.1, 0.15) is 5.56 Å². The molecular formula is C13H13N3O3. The number of amides is 1. The number of hydrogen-bond donors (Lipinski definition) is 1. The topological polar surface area (TPSA) is 73.3 Å². The van der Waals surface area contributed by atoms with Gasteiger partial charge in [-0.15, -0.1) is 0 Å². The van der Waals surface area contributed by atoms with Crippen LogP contribution in [0.4, 0.5) is 10.7 Å². The molecule has 0 spiro atoms. The predicted octanol–water partition coefficient (Wildman–Crippen LogP) is 2.40. The van der Waals surface area contributed by atoms with Gasteiger partial charge in [0.1, 0.15) is 5.75 Å². The number of nitrogens with zero attached hydrogens (tertiary/aromatic N) is 2. The first-order chi connectivity index (χ1) is 9.19. The zero-order valence-corrected chi connectivity index (χ0v) is 10.6. The van der Waals surface area contributed by atoms with Crippen molar-refractivity contribution in [2.24, 2.45) is 0 Å². The maximum Gasteiger partial charge on any atom is 0.419 e. The summed E-state index contributed by atoms with van der Waals surface area (Å²) in [6, 6.07) is 8.73. The van der Waals surface area contributed by atoms with Crippen LogP contribution in [0.5, 0.6) is 11.6 Å². The molecule has 2 rings (SSSR count). The summed E-state index contributed by atoms with van der Waals surface area (Å²) in [5, 5.41) is 2.43. The number of nitrogens with one attached hydrogen (secondary N) is 1. The molecule has 0 saturated heterocycles. The van der Waals surface area contributed by atoms with Crippen LogP contribution in [0.2, 0.25) is 0 Å². The van der Waals surface area contributed by atoms with Gasteiger partial charge in [0.05, 0.1) is 7.11 Å². The predicted molar refractivity (Wildman–Crippen MR) is 69.4 cm³/mol. The molecule has 1 aromatic heterocycles. The Kier molecular flexibility index (Phi) is 3.92. The number of para-hydroxylation sites is 1. The highest BCUT2D eigenvalue weighted by atomic mass is 16.6. The number of benzene rings is 1. The largest absolute Gasteiger partial charge is 0.481 e. The van der Waals surface area contributed by atoms with Crippen molar-refractivity contribution in [1.82, 2.24) is 9.97 Å². The zero-order valence-electron chi connectivity index (χ0n) is 10.6. The molecule has 0 unspecified atom stereocenters. The Labute approximate surface area is 110 Å². The molecule has 1 heterocycles. The normalized spacial score (nSPS) is 9.79. The molecule has 1 aromatic carbocycles. The summed E-state index contributed by atoms with van der Waals surface area (Å²) >= 11 is 0. The minimum absolute atomic E-state index is 0.128. The molecule has 6 nitrogen and oxygen atoms in total. The van der Waals surface area contributed by atoms with Crippen LogP contribution in [-0.4, -0.2) is 23.2 Å². The minimum Gasteiger partial charge on any atom is -0.481 e. The van der Waals surface area contributed by atoms with Crippen LogP contribution in [0, 0.1) is 6.92 Å². The van der Waals surface area contributed by atoms with Gasteiger partial charge in [-0.25, -0.2) is 9.78 Å². The second-order valence-electron chi connectivity index (χ2n) is 3.71. The van der Waals surface area contributed by atoms with Crippen molar-refractivity contribution >= 4 is 12.0 Å². The van der Waals surface area contributed by atoms with Gasteiger partial charge >= 0.3 is 6.09 Å². The number of carbonyl (C=O) groups is 1. The first-order valence-corrected chi connectivity index (χ1v) is 5.60. The van der Waals surface area contributed by atoms with Crippen molar-refractivity contribution < 1.29 is 14.3 Å². The average Bonchev–Trinajstić information content (AvgIpc) is 2.42. The Hall–Kier alpha value is -2.63. The number of methoxy groups -OCH3 is 1. The third-order valence-corrected chi connectivity index (χ3v) is 2.29. The van der Waals surface area contributed by atoms with Crippen LogP contribution in [0.3, 0.4) is 0 Å². The van der Waals surface area contributed by atoms with Crippen molar-refractivity contribution in [3.63, 3.8) is 0 Å². The summed E-state index contributed by atoms with van der Waals surface area (Å²) in [7, 11) is 1.50. The standard InChI is InChI=1S/C13H13N3O3/c1-9-8-14-12(15-11(9)18-2)16-13(17)19-10-6-4-3-5-7-10/h3-8H,1-2H3,(H,14,15,16,17). The van der Waals surface area contributed by atoms with Gasteiger partial charge in [-0.2, -0.15) is 4.98 Å². The molecule has 6 heteroatoms. The van der Waals surface area contributed by atoms with E-state index in [1.165, 1.54) is 7.11 Å². The Morgan fingerprint density at radius 1 is 1.26 bits per heavy atom. The molecule has 0 atom stereocenters. The minimum atomic E-state index is -0.655. The second-order valence-corrected chi connectivity index (χ2v) is 3.71. The van der Waals surface area contributed by atoms with Gasteiger partial charge in [0, 0.05) is 11.8 Å². The Morgan fingerprint density at radius 2 is 2.00 bits per heavy atom. The average molecular weight is 259 g/mol. The summed E-state index contributed by atoms with van der Waals surface area (Å²) in [5.41, 5.74) is 0.782. The van der Waals surface area contributed by atoms with Gasteiger partial charge in [-0.05, 0) is 19.1 Å². The molecule has 0 fully saturated rings. The van der Waals surface area contributed by atoms with Crippen LogP contribution in [0.25, 0.3) is 0 Å². The van der Waals surface area contributed by atoms with Crippen molar-refractivity contribution in [3.8, 4) is 11.6 Å². The van der Waals surface area contributed by atoms with Crippen LogP contribution in [-0.2, 0) is 0 Å². The highest BCUT2D eigenvalue weighted by Gasteiger charge is 2.09. The van der Waals surface area contributed by atoms with E-state index in [1.54, 1.807) is 30.5 Å². The molecule has 98 valence electrons. The number of ether oxygens (including phenoxy) is 2. The van der Waals surface area contributed by atoms with E-state index >= 15 is 0 Å². The third kappa shape index (κ3) is 3.41. The van der Waals surface area contributed by atoms with Crippen molar-refractivity contribution in [2.45, 2.75) is 6.92 Å². The number of anilines is 1. The van der Waals surface area contributed by atoms with E-state index < -0.39 is 6.09 Å². The summed E-state index contributed by atoms with van der Waals surface area (Å²) < 4.78 is 10.1. The second kappa shape index (κ2) is 5.81. The maximum atomic E-state index is 11.6. The lowest BCUT2D eigenvalue weighted by molar-refractivity contribution is 0.215. The lowest BCUT2D eigenvalue weighted by Gasteiger charge is -2.07.